The highest BCUT2D eigenvalue weighted by molar-refractivity contribution is 9.10. The minimum absolute atomic E-state index is 0.606. The van der Waals surface area contributed by atoms with Gasteiger partial charge in [-0.1, -0.05) is 90.8 Å². The molecular weight excluding hydrogens is 300 g/mol. The Morgan fingerprint density at radius 2 is 1.78 bits per heavy atom. The molecule has 1 saturated heterocycles. The van der Waals surface area contributed by atoms with Crippen LogP contribution in [0.1, 0.15) is 45.4 Å². The van der Waals surface area contributed by atoms with Gasteiger partial charge in [0.15, 0.2) is 0 Å². The molecule has 0 bridgehead atoms. The molecule has 0 unspecified atom stereocenters. The molecule has 0 saturated carbocycles. The van der Waals surface area contributed by atoms with Crippen molar-refractivity contribution in [3.05, 3.63) is 28.7 Å². The number of unbranched alkanes of at least 4 members (excludes halogenated alkanes) is 2. The van der Waals surface area contributed by atoms with Crippen LogP contribution in [0.25, 0.3) is 0 Å². The third-order valence-corrected chi connectivity index (χ3v) is 8.32. The first-order chi connectivity index (χ1) is 8.79. The first kappa shape index (κ1) is 14.3. The van der Waals surface area contributed by atoms with Crippen LogP contribution in [0.3, 0.4) is 0 Å². The van der Waals surface area contributed by atoms with Crippen LogP contribution in [0.4, 0.5) is 0 Å². The van der Waals surface area contributed by atoms with E-state index in [2.05, 4.69) is 47.1 Å². The summed E-state index contributed by atoms with van der Waals surface area (Å²) < 4.78 is 1.22. The summed E-state index contributed by atoms with van der Waals surface area (Å²) in [5.41, 5.74) is 0. The van der Waals surface area contributed by atoms with Gasteiger partial charge in [-0.25, -0.2) is 0 Å². The summed E-state index contributed by atoms with van der Waals surface area (Å²) >= 11 is 3.53. The predicted molar refractivity (Wildman–Crippen MR) is 87.4 cm³/mol. The Labute approximate surface area is 122 Å². The number of rotatable bonds is 5. The van der Waals surface area contributed by atoms with Gasteiger partial charge in [-0.05, 0) is 18.1 Å². The highest BCUT2D eigenvalue weighted by atomic mass is 79.9. The maximum Gasteiger partial charge on any atom is 0.0708 e. The molecule has 1 heterocycles. The standard InChI is InChI=1S/C16H25BrSi/c1-2-3-4-5-14-10-12-18(13-11-14)16-8-6-15(17)7-9-16/h6-9,14,18H,2-5,10-13H2,1H3. The van der Waals surface area contributed by atoms with E-state index in [1.165, 1.54) is 43.0 Å². The van der Waals surface area contributed by atoms with Gasteiger partial charge < -0.3 is 0 Å². The largest absolute Gasteiger partial charge is 0.0708 e. The van der Waals surface area contributed by atoms with E-state index in [-0.39, 0.29) is 0 Å². The second-order valence-corrected chi connectivity index (χ2v) is 9.90. The van der Waals surface area contributed by atoms with Crippen molar-refractivity contribution in [2.45, 2.75) is 57.5 Å². The van der Waals surface area contributed by atoms with Gasteiger partial charge in [-0.15, -0.1) is 0 Å². The minimum atomic E-state index is -0.606. The fraction of sp³-hybridized carbons (Fsp3) is 0.625. The molecule has 0 atom stereocenters. The predicted octanol–water partition coefficient (Wildman–Crippen LogP) is 4.87. The summed E-state index contributed by atoms with van der Waals surface area (Å²) in [7, 11) is -0.606. The highest BCUT2D eigenvalue weighted by Crippen LogP contribution is 2.29. The van der Waals surface area contributed by atoms with Crippen LogP contribution in [0.2, 0.25) is 12.1 Å². The second-order valence-electron chi connectivity index (χ2n) is 5.76. The summed E-state index contributed by atoms with van der Waals surface area (Å²) in [6.07, 6.45) is 8.78. The van der Waals surface area contributed by atoms with Crippen molar-refractivity contribution >= 4 is 29.9 Å². The molecule has 0 N–H and O–H groups in total. The summed E-state index contributed by atoms with van der Waals surface area (Å²) in [6, 6.07) is 12.2. The van der Waals surface area contributed by atoms with Crippen molar-refractivity contribution in [1.82, 2.24) is 0 Å². The van der Waals surface area contributed by atoms with E-state index in [9.17, 15) is 0 Å². The van der Waals surface area contributed by atoms with Crippen molar-refractivity contribution in [2.75, 3.05) is 0 Å². The summed E-state index contributed by atoms with van der Waals surface area (Å²) in [6.45, 7) is 2.30. The van der Waals surface area contributed by atoms with Gasteiger partial charge in [0.25, 0.3) is 0 Å². The van der Waals surface area contributed by atoms with Crippen molar-refractivity contribution in [2.24, 2.45) is 5.92 Å². The summed E-state index contributed by atoms with van der Waals surface area (Å²) in [5, 5.41) is 1.69. The van der Waals surface area contributed by atoms with Crippen LogP contribution in [0.15, 0.2) is 28.7 Å². The molecule has 18 heavy (non-hydrogen) atoms. The molecule has 0 spiro atoms. The van der Waals surface area contributed by atoms with E-state index in [4.69, 9.17) is 0 Å². The van der Waals surface area contributed by atoms with E-state index in [0.29, 0.717) is 0 Å². The van der Waals surface area contributed by atoms with Gasteiger partial charge in [-0.3, -0.25) is 0 Å². The van der Waals surface area contributed by atoms with Crippen LogP contribution in [-0.2, 0) is 0 Å². The maximum atomic E-state index is 3.53. The minimum Gasteiger partial charge on any atom is -0.0654 e. The van der Waals surface area contributed by atoms with E-state index < -0.39 is 8.80 Å². The second kappa shape index (κ2) is 7.49. The average molecular weight is 325 g/mol. The fourth-order valence-corrected chi connectivity index (χ4v) is 6.91. The van der Waals surface area contributed by atoms with Crippen molar-refractivity contribution in [3.63, 3.8) is 0 Å². The highest BCUT2D eigenvalue weighted by Gasteiger charge is 2.22. The molecule has 2 heteroatoms. The molecule has 1 aromatic carbocycles. The monoisotopic (exact) mass is 324 g/mol. The van der Waals surface area contributed by atoms with Crippen LogP contribution in [-0.4, -0.2) is 8.80 Å². The van der Waals surface area contributed by atoms with Crippen molar-refractivity contribution in [3.8, 4) is 0 Å². The Balaban J connectivity index is 1.77. The summed E-state index contributed by atoms with van der Waals surface area (Å²) in [5.74, 6) is 1.05. The lowest BCUT2D eigenvalue weighted by Gasteiger charge is -2.27. The molecule has 0 amide bonds. The Bertz CT molecular complexity index is 339. The molecule has 0 aromatic heterocycles. The Morgan fingerprint density at radius 1 is 1.11 bits per heavy atom. The lowest BCUT2D eigenvalue weighted by molar-refractivity contribution is 0.418. The number of hydrogen-bond donors (Lipinski definition) is 0. The first-order valence-corrected chi connectivity index (χ1v) is 10.6. The SMILES string of the molecule is CCCCCC1CC[SiH](c2ccc(Br)cc2)CC1. The zero-order valence-electron chi connectivity index (χ0n) is 11.5. The van der Waals surface area contributed by atoms with Crippen molar-refractivity contribution in [1.29, 1.82) is 0 Å². The van der Waals surface area contributed by atoms with Crippen LogP contribution >= 0.6 is 15.9 Å². The van der Waals surface area contributed by atoms with E-state index in [0.717, 1.165) is 5.92 Å². The van der Waals surface area contributed by atoms with E-state index in [1.54, 1.807) is 17.3 Å². The lowest BCUT2D eigenvalue weighted by Crippen LogP contribution is -2.33. The average Bonchev–Trinajstić information content (AvgIpc) is 2.41. The molecule has 1 aliphatic heterocycles. The molecule has 100 valence electrons. The molecular formula is C16H25BrSi. The van der Waals surface area contributed by atoms with E-state index >= 15 is 0 Å². The Kier molecular flexibility index (Phi) is 5.96. The molecule has 1 aliphatic rings. The fourth-order valence-electron chi connectivity index (χ4n) is 3.20. The number of hydrogen-bond acceptors (Lipinski definition) is 0. The molecule has 0 radical (unpaired) electrons. The zero-order chi connectivity index (χ0) is 12.8. The zero-order valence-corrected chi connectivity index (χ0v) is 14.2. The molecule has 0 aliphatic carbocycles. The van der Waals surface area contributed by atoms with Gasteiger partial charge >= 0.3 is 0 Å². The molecule has 1 fully saturated rings. The van der Waals surface area contributed by atoms with Gasteiger partial charge in [0.2, 0.25) is 0 Å². The van der Waals surface area contributed by atoms with Crippen LogP contribution in [0, 0.1) is 5.92 Å². The first-order valence-electron chi connectivity index (χ1n) is 7.55. The Morgan fingerprint density at radius 3 is 2.39 bits per heavy atom. The third-order valence-electron chi connectivity index (χ3n) is 4.40. The Hall–Kier alpha value is -0.0831. The van der Waals surface area contributed by atoms with Gasteiger partial charge in [0.05, 0.1) is 8.80 Å². The lowest BCUT2D eigenvalue weighted by atomic mass is 9.96. The topological polar surface area (TPSA) is 0 Å². The number of benzene rings is 1. The van der Waals surface area contributed by atoms with E-state index in [1.807, 2.05) is 0 Å². The van der Waals surface area contributed by atoms with Crippen molar-refractivity contribution < 1.29 is 0 Å². The van der Waals surface area contributed by atoms with Gasteiger partial charge in [-0.2, -0.15) is 0 Å². The quantitative estimate of drug-likeness (QED) is 0.535. The third kappa shape index (κ3) is 4.24. The van der Waals surface area contributed by atoms with Gasteiger partial charge in [0.1, 0.15) is 0 Å². The smallest absolute Gasteiger partial charge is 0.0654 e. The van der Waals surface area contributed by atoms with Gasteiger partial charge in [0, 0.05) is 4.47 Å². The molecule has 1 aromatic rings. The molecule has 2 rings (SSSR count). The maximum absolute atomic E-state index is 3.53. The van der Waals surface area contributed by atoms with Crippen LogP contribution in [0.5, 0.6) is 0 Å². The number of halogens is 1. The molecule has 0 nitrogen and oxygen atoms in total. The normalized spacial score (nSPS) is 24.1. The van der Waals surface area contributed by atoms with Crippen LogP contribution < -0.4 is 5.19 Å². The summed E-state index contributed by atoms with van der Waals surface area (Å²) in [4.78, 5) is 0.